The Bertz CT molecular complexity index is 919. The lowest BCUT2D eigenvalue weighted by Crippen LogP contribution is -2.26. The zero-order chi connectivity index (χ0) is 43.1. The van der Waals surface area contributed by atoms with Crippen LogP contribution in [0.15, 0.2) is 24.3 Å². The van der Waals surface area contributed by atoms with Gasteiger partial charge in [0, 0.05) is 32.6 Å². The van der Waals surface area contributed by atoms with Gasteiger partial charge in [-0.05, 0) is 96.6 Å². The highest BCUT2D eigenvalue weighted by atomic mass is 16.7. The van der Waals surface area contributed by atoms with Crippen LogP contribution in [0.1, 0.15) is 234 Å². The number of carbonyl (C=O) groups is 2. The summed E-state index contributed by atoms with van der Waals surface area (Å²) >= 11 is 0. The molecule has 0 aromatic carbocycles. The van der Waals surface area contributed by atoms with Gasteiger partial charge in [-0.15, -0.1) is 0 Å². The minimum atomic E-state index is -0.618. The zero-order valence-corrected chi connectivity index (χ0v) is 39.6. The molecule has 0 aromatic rings. The summed E-state index contributed by atoms with van der Waals surface area (Å²) in [6, 6.07) is 0. The minimum Gasteiger partial charge on any atom is -0.466 e. The van der Waals surface area contributed by atoms with E-state index in [0.717, 1.165) is 103 Å². The third-order valence-corrected chi connectivity index (χ3v) is 11.1. The summed E-state index contributed by atoms with van der Waals surface area (Å²) in [6.07, 6.45) is 42.0. The Labute approximate surface area is 365 Å². The van der Waals surface area contributed by atoms with E-state index in [1.807, 2.05) is 0 Å². The molecule has 1 atom stereocenters. The maximum Gasteiger partial charge on any atom is 0.508 e. The topological polar surface area (TPSA) is 83.5 Å². The number of hydrogen-bond acceptors (Lipinski definition) is 8. The monoisotopic (exact) mass is 836 g/mol. The summed E-state index contributed by atoms with van der Waals surface area (Å²) < 4.78 is 29.2. The van der Waals surface area contributed by atoms with Gasteiger partial charge >= 0.3 is 12.1 Å². The number of nitrogens with zero attached hydrogens (tertiary/aromatic N) is 1. The van der Waals surface area contributed by atoms with E-state index >= 15 is 0 Å². The molecule has 0 aliphatic heterocycles. The first-order chi connectivity index (χ1) is 29.0. The van der Waals surface area contributed by atoms with Crippen LogP contribution in [0, 0.1) is 0 Å². The predicted octanol–water partition coefficient (Wildman–Crippen LogP) is 15.0. The number of allylic oxidation sites excluding steroid dienone is 4. The van der Waals surface area contributed by atoms with Gasteiger partial charge in [-0.1, -0.05) is 162 Å². The van der Waals surface area contributed by atoms with Crippen molar-refractivity contribution in [2.24, 2.45) is 0 Å². The number of esters is 1. The van der Waals surface area contributed by atoms with E-state index in [0.29, 0.717) is 19.4 Å². The van der Waals surface area contributed by atoms with Gasteiger partial charge in [0.1, 0.15) is 6.10 Å². The first-order valence-electron chi connectivity index (χ1n) is 25.2. The molecule has 0 fully saturated rings. The Morgan fingerprint density at radius 2 is 0.983 bits per heavy atom. The minimum absolute atomic E-state index is 0.200. The van der Waals surface area contributed by atoms with Gasteiger partial charge in [-0.3, -0.25) is 4.79 Å². The van der Waals surface area contributed by atoms with Crippen LogP contribution < -0.4 is 0 Å². The highest BCUT2D eigenvalue weighted by molar-refractivity contribution is 5.69. The molecule has 0 saturated heterocycles. The predicted molar refractivity (Wildman–Crippen MR) is 249 cm³/mol. The van der Waals surface area contributed by atoms with Gasteiger partial charge in [0.15, 0.2) is 6.29 Å². The van der Waals surface area contributed by atoms with Crippen molar-refractivity contribution in [3.8, 4) is 0 Å². The molecule has 59 heavy (non-hydrogen) atoms. The molecule has 0 saturated carbocycles. The second-order valence-corrected chi connectivity index (χ2v) is 16.6. The zero-order valence-electron chi connectivity index (χ0n) is 39.6. The summed E-state index contributed by atoms with van der Waals surface area (Å²) in [5.74, 6) is -0.200. The Morgan fingerprint density at radius 1 is 0.475 bits per heavy atom. The van der Waals surface area contributed by atoms with Crippen LogP contribution in [0.2, 0.25) is 0 Å². The summed E-state index contributed by atoms with van der Waals surface area (Å²) in [7, 11) is 0. The van der Waals surface area contributed by atoms with E-state index in [2.05, 4.69) is 63.8 Å². The number of rotatable bonds is 46. The molecule has 0 rings (SSSR count). The van der Waals surface area contributed by atoms with Crippen LogP contribution in [0.3, 0.4) is 0 Å². The molecule has 0 amide bonds. The van der Waals surface area contributed by atoms with Crippen molar-refractivity contribution in [2.45, 2.75) is 246 Å². The molecule has 8 nitrogen and oxygen atoms in total. The van der Waals surface area contributed by atoms with Gasteiger partial charge in [-0.2, -0.15) is 0 Å². The molecule has 0 spiro atoms. The lowest BCUT2D eigenvalue weighted by Gasteiger charge is -2.19. The summed E-state index contributed by atoms with van der Waals surface area (Å²) in [5.41, 5.74) is 0. The molecule has 1 unspecified atom stereocenters. The van der Waals surface area contributed by atoms with Crippen LogP contribution >= 0.6 is 0 Å². The van der Waals surface area contributed by atoms with E-state index in [-0.39, 0.29) is 25.0 Å². The van der Waals surface area contributed by atoms with Crippen LogP contribution in [0.5, 0.6) is 0 Å². The molecule has 0 aliphatic rings. The molecular formula is C51H97NO7. The first-order valence-corrected chi connectivity index (χ1v) is 25.2. The SMILES string of the molecule is CCCCC/C=C\C/C=C\CCCCCCCCC(CCOC(=O)CCCCC(OCCCCCCCC)OCCCCCCCC)OC(=O)OCCCN(CC)CC. The number of unbranched alkanes of at least 4 members (excludes halogenated alkanes) is 20. The summed E-state index contributed by atoms with van der Waals surface area (Å²) in [4.78, 5) is 27.6. The van der Waals surface area contributed by atoms with Crippen molar-refractivity contribution in [3.05, 3.63) is 24.3 Å². The van der Waals surface area contributed by atoms with E-state index in [1.165, 1.54) is 116 Å². The van der Waals surface area contributed by atoms with Crippen molar-refractivity contribution >= 4 is 12.1 Å². The lowest BCUT2D eigenvalue weighted by molar-refractivity contribution is -0.150. The fraction of sp³-hybridized carbons (Fsp3) is 0.882. The van der Waals surface area contributed by atoms with Gasteiger partial charge in [0.25, 0.3) is 0 Å². The Hall–Kier alpha value is -1.90. The second kappa shape index (κ2) is 47.2. The molecule has 8 heteroatoms. The molecular weight excluding hydrogens is 739 g/mol. The second-order valence-electron chi connectivity index (χ2n) is 16.6. The number of ether oxygens (including phenoxy) is 5. The van der Waals surface area contributed by atoms with Crippen molar-refractivity contribution in [2.75, 3.05) is 46.1 Å². The van der Waals surface area contributed by atoms with E-state index in [9.17, 15) is 9.59 Å². The van der Waals surface area contributed by atoms with Gasteiger partial charge in [0.05, 0.1) is 13.2 Å². The van der Waals surface area contributed by atoms with Crippen molar-refractivity contribution in [1.82, 2.24) is 4.90 Å². The standard InChI is InChI=1S/C51H97NO7/c1-6-11-14-17-20-21-22-23-24-25-26-27-28-29-30-33-39-48(59-51(54)58-46-38-43-52(9-4)10-5)42-47-55-49(53)40-34-35-41-50(56-44-36-31-18-15-12-7-2)57-45-37-32-19-16-13-8-3/h20-21,23-24,48,50H,6-19,22,25-47H2,1-5H3/b21-20-,24-23-. The maximum atomic E-state index is 12.7. The largest absolute Gasteiger partial charge is 0.508 e. The smallest absolute Gasteiger partial charge is 0.466 e. The highest BCUT2D eigenvalue weighted by Gasteiger charge is 2.17. The fourth-order valence-electron chi connectivity index (χ4n) is 7.14. The quantitative estimate of drug-likeness (QED) is 0.0259. The number of hydrogen-bond donors (Lipinski definition) is 0. The third kappa shape index (κ3) is 42.6. The molecule has 0 aromatic heterocycles. The van der Waals surface area contributed by atoms with Crippen LogP contribution in [-0.4, -0.2) is 75.5 Å². The van der Waals surface area contributed by atoms with E-state index in [4.69, 9.17) is 23.7 Å². The molecule has 0 bridgehead atoms. The van der Waals surface area contributed by atoms with Crippen molar-refractivity contribution in [1.29, 1.82) is 0 Å². The molecule has 348 valence electrons. The Kier molecular flexibility index (Phi) is 45.6. The third-order valence-electron chi connectivity index (χ3n) is 11.1. The first kappa shape index (κ1) is 57.1. The van der Waals surface area contributed by atoms with Gasteiger partial charge < -0.3 is 28.6 Å². The van der Waals surface area contributed by atoms with E-state index < -0.39 is 6.16 Å². The van der Waals surface area contributed by atoms with Crippen LogP contribution in [0.4, 0.5) is 4.79 Å². The summed E-state index contributed by atoms with van der Waals surface area (Å²) in [5, 5.41) is 0. The average Bonchev–Trinajstić information content (AvgIpc) is 3.23. The maximum absolute atomic E-state index is 12.7. The van der Waals surface area contributed by atoms with E-state index in [1.54, 1.807) is 0 Å². The lowest BCUT2D eigenvalue weighted by atomic mass is 10.0. The highest BCUT2D eigenvalue weighted by Crippen LogP contribution is 2.17. The van der Waals surface area contributed by atoms with Gasteiger partial charge in [-0.25, -0.2) is 4.79 Å². The van der Waals surface area contributed by atoms with Crippen molar-refractivity contribution < 1.29 is 33.3 Å². The molecule has 0 heterocycles. The molecule has 0 radical (unpaired) electrons. The summed E-state index contributed by atoms with van der Waals surface area (Å²) in [6.45, 7) is 15.9. The fourth-order valence-corrected chi connectivity index (χ4v) is 7.14. The molecule has 0 N–H and O–H groups in total. The Balaban J connectivity index is 4.61. The van der Waals surface area contributed by atoms with Crippen LogP contribution in [-0.2, 0) is 28.5 Å². The van der Waals surface area contributed by atoms with Crippen molar-refractivity contribution in [3.63, 3.8) is 0 Å². The Morgan fingerprint density at radius 3 is 1.58 bits per heavy atom. The van der Waals surface area contributed by atoms with Gasteiger partial charge in [0.2, 0.25) is 0 Å². The number of carbonyl (C=O) groups excluding carboxylic acids is 2. The normalized spacial score (nSPS) is 12.4. The van der Waals surface area contributed by atoms with Crippen LogP contribution in [0.25, 0.3) is 0 Å². The average molecular weight is 836 g/mol. The molecule has 0 aliphatic carbocycles.